The van der Waals surface area contributed by atoms with Crippen molar-refractivity contribution in [1.82, 2.24) is 10.4 Å². The van der Waals surface area contributed by atoms with Gasteiger partial charge in [0, 0.05) is 5.39 Å². The SMILES string of the molecule is O=C(N/N=C\c1ccco1)c1ccc2ccccc2n1. The maximum absolute atomic E-state index is 11.9. The van der Waals surface area contributed by atoms with Crippen LogP contribution in [0.4, 0.5) is 0 Å². The molecule has 0 fully saturated rings. The largest absolute Gasteiger partial charge is 0.463 e. The normalized spacial score (nSPS) is 11.0. The molecule has 0 aliphatic heterocycles. The minimum atomic E-state index is -0.362. The Hall–Kier alpha value is -2.95. The van der Waals surface area contributed by atoms with Crippen LogP contribution in [0.2, 0.25) is 0 Å². The number of fused-ring (bicyclic) bond motifs is 1. The molecule has 0 aliphatic carbocycles. The van der Waals surface area contributed by atoms with Gasteiger partial charge < -0.3 is 4.42 Å². The Morgan fingerprint density at radius 1 is 1.15 bits per heavy atom. The quantitative estimate of drug-likeness (QED) is 0.584. The summed E-state index contributed by atoms with van der Waals surface area (Å²) in [7, 11) is 0. The summed E-state index contributed by atoms with van der Waals surface area (Å²) in [5, 5.41) is 4.80. The van der Waals surface area contributed by atoms with Gasteiger partial charge in [-0.1, -0.05) is 24.3 Å². The van der Waals surface area contributed by atoms with E-state index in [1.165, 1.54) is 12.5 Å². The van der Waals surface area contributed by atoms with Crippen molar-refractivity contribution in [2.75, 3.05) is 0 Å². The summed E-state index contributed by atoms with van der Waals surface area (Å²) in [5.74, 6) is 0.204. The van der Waals surface area contributed by atoms with Crippen molar-refractivity contribution in [3.8, 4) is 0 Å². The third kappa shape index (κ3) is 2.56. The number of amides is 1. The van der Waals surface area contributed by atoms with Crippen LogP contribution in [0.5, 0.6) is 0 Å². The number of hydrogen-bond acceptors (Lipinski definition) is 4. The van der Waals surface area contributed by atoms with Crippen molar-refractivity contribution >= 4 is 23.0 Å². The molecule has 0 unspecified atom stereocenters. The molecule has 5 heteroatoms. The molecule has 2 heterocycles. The molecule has 0 atom stereocenters. The van der Waals surface area contributed by atoms with Crippen LogP contribution in [-0.2, 0) is 0 Å². The van der Waals surface area contributed by atoms with E-state index in [2.05, 4.69) is 15.5 Å². The standard InChI is InChI=1S/C15H11N3O2/c19-15(18-16-10-12-5-3-9-20-12)14-8-7-11-4-1-2-6-13(11)17-14/h1-10H,(H,18,19)/b16-10-. The summed E-state index contributed by atoms with van der Waals surface area (Å²) in [6.07, 6.45) is 2.97. The maximum Gasteiger partial charge on any atom is 0.289 e. The molecule has 0 saturated heterocycles. The van der Waals surface area contributed by atoms with Gasteiger partial charge in [-0.2, -0.15) is 5.10 Å². The molecule has 0 radical (unpaired) electrons. The number of aromatic nitrogens is 1. The van der Waals surface area contributed by atoms with Gasteiger partial charge in [0.1, 0.15) is 11.5 Å². The highest BCUT2D eigenvalue weighted by molar-refractivity contribution is 5.95. The van der Waals surface area contributed by atoms with Crippen LogP contribution < -0.4 is 5.43 Å². The number of pyridine rings is 1. The lowest BCUT2D eigenvalue weighted by Crippen LogP contribution is -2.18. The highest BCUT2D eigenvalue weighted by Crippen LogP contribution is 2.11. The molecule has 1 N–H and O–H groups in total. The Morgan fingerprint density at radius 2 is 2.05 bits per heavy atom. The van der Waals surface area contributed by atoms with Crippen LogP contribution in [0, 0.1) is 0 Å². The minimum absolute atomic E-state index is 0.320. The van der Waals surface area contributed by atoms with Crippen LogP contribution >= 0.6 is 0 Å². The second-order valence-electron chi connectivity index (χ2n) is 4.10. The van der Waals surface area contributed by atoms with E-state index in [0.717, 1.165) is 10.9 Å². The average molecular weight is 265 g/mol. The molecule has 98 valence electrons. The Labute approximate surface area is 114 Å². The molecular formula is C15H11N3O2. The first-order valence-corrected chi connectivity index (χ1v) is 6.06. The van der Waals surface area contributed by atoms with E-state index < -0.39 is 0 Å². The number of furan rings is 1. The lowest BCUT2D eigenvalue weighted by molar-refractivity contribution is 0.0950. The molecule has 0 bridgehead atoms. The van der Waals surface area contributed by atoms with Crippen LogP contribution in [0.3, 0.4) is 0 Å². The second-order valence-corrected chi connectivity index (χ2v) is 4.10. The topological polar surface area (TPSA) is 67.5 Å². The van der Waals surface area contributed by atoms with Gasteiger partial charge in [-0.15, -0.1) is 0 Å². The summed E-state index contributed by atoms with van der Waals surface area (Å²) >= 11 is 0. The molecular weight excluding hydrogens is 254 g/mol. The van der Waals surface area contributed by atoms with Gasteiger partial charge in [-0.25, -0.2) is 10.4 Å². The Morgan fingerprint density at radius 3 is 2.90 bits per heavy atom. The molecule has 0 saturated carbocycles. The summed E-state index contributed by atoms with van der Waals surface area (Å²) in [6, 6.07) is 14.6. The lowest BCUT2D eigenvalue weighted by atomic mass is 10.2. The van der Waals surface area contributed by atoms with Crippen LogP contribution in [0.25, 0.3) is 10.9 Å². The smallest absolute Gasteiger partial charge is 0.289 e. The molecule has 3 aromatic rings. The lowest BCUT2D eigenvalue weighted by Gasteiger charge is -2.01. The third-order valence-corrected chi connectivity index (χ3v) is 2.73. The first-order chi connectivity index (χ1) is 9.83. The number of benzene rings is 1. The van der Waals surface area contributed by atoms with E-state index in [-0.39, 0.29) is 5.91 Å². The van der Waals surface area contributed by atoms with E-state index >= 15 is 0 Å². The molecule has 1 aromatic carbocycles. The molecule has 3 rings (SSSR count). The van der Waals surface area contributed by atoms with E-state index in [1.54, 1.807) is 18.2 Å². The van der Waals surface area contributed by atoms with Crippen molar-refractivity contribution in [3.63, 3.8) is 0 Å². The second kappa shape index (κ2) is 5.36. The highest BCUT2D eigenvalue weighted by Gasteiger charge is 2.06. The van der Waals surface area contributed by atoms with E-state index in [4.69, 9.17) is 4.42 Å². The van der Waals surface area contributed by atoms with Crippen molar-refractivity contribution in [2.24, 2.45) is 5.10 Å². The monoisotopic (exact) mass is 265 g/mol. The first-order valence-electron chi connectivity index (χ1n) is 6.06. The molecule has 1 amide bonds. The molecule has 0 spiro atoms. The first kappa shape index (κ1) is 12.1. The van der Waals surface area contributed by atoms with E-state index in [0.29, 0.717) is 11.5 Å². The van der Waals surface area contributed by atoms with Gasteiger partial charge in [-0.3, -0.25) is 4.79 Å². The predicted molar refractivity (Wildman–Crippen MR) is 75.5 cm³/mol. The fourth-order valence-electron chi connectivity index (χ4n) is 1.77. The maximum atomic E-state index is 11.9. The van der Waals surface area contributed by atoms with Crippen LogP contribution in [-0.4, -0.2) is 17.1 Å². The number of carbonyl (C=O) groups excluding carboxylic acids is 1. The van der Waals surface area contributed by atoms with Gasteiger partial charge in [0.05, 0.1) is 18.0 Å². The zero-order valence-corrected chi connectivity index (χ0v) is 10.5. The summed E-state index contributed by atoms with van der Waals surface area (Å²) in [5.41, 5.74) is 3.50. The van der Waals surface area contributed by atoms with E-state index in [9.17, 15) is 4.79 Å². The third-order valence-electron chi connectivity index (χ3n) is 2.73. The number of rotatable bonds is 3. The number of hydrazone groups is 1. The zero-order valence-electron chi connectivity index (χ0n) is 10.5. The summed E-state index contributed by atoms with van der Waals surface area (Å²) in [4.78, 5) is 16.2. The fraction of sp³-hybridized carbons (Fsp3) is 0. The predicted octanol–water partition coefficient (Wildman–Crippen LogP) is 2.59. The number of para-hydroxylation sites is 1. The zero-order chi connectivity index (χ0) is 13.8. The van der Waals surface area contributed by atoms with Crippen molar-refractivity contribution < 1.29 is 9.21 Å². The minimum Gasteiger partial charge on any atom is -0.463 e. The van der Waals surface area contributed by atoms with Gasteiger partial charge in [0.25, 0.3) is 5.91 Å². The van der Waals surface area contributed by atoms with Crippen LogP contribution in [0.1, 0.15) is 16.2 Å². The van der Waals surface area contributed by atoms with E-state index in [1.807, 2.05) is 30.3 Å². The number of hydrogen-bond donors (Lipinski definition) is 1. The Balaban J connectivity index is 1.75. The number of nitrogens with zero attached hydrogens (tertiary/aromatic N) is 2. The van der Waals surface area contributed by atoms with Gasteiger partial charge >= 0.3 is 0 Å². The molecule has 5 nitrogen and oxygen atoms in total. The Bertz CT molecular complexity index is 764. The van der Waals surface area contributed by atoms with Gasteiger partial charge in [-0.05, 0) is 24.3 Å². The summed E-state index contributed by atoms with van der Waals surface area (Å²) < 4.78 is 5.06. The van der Waals surface area contributed by atoms with Gasteiger partial charge in [0.15, 0.2) is 0 Å². The average Bonchev–Trinajstić information content (AvgIpc) is 3.00. The number of nitrogens with one attached hydrogen (secondary N) is 1. The molecule has 2 aromatic heterocycles. The van der Waals surface area contributed by atoms with Gasteiger partial charge in [0.2, 0.25) is 0 Å². The van der Waals surface area contributed by atoms with Crippen molar-refractivity contribution in [3.05, 3.63) is 66.2 Å². The Kier molecular flexibility index (Phi) is 3.24. The highest BCUT2D eigenvalue weighted by atomic mass is 16.3. The number of carbonyl (C=O) groups is 1. The van der Waals surface area contributed by atoms with Crippen LogP contribution in [0.15, 0.2) is 64.3 Å². The molecule has 0 aliphatic rings. The fourth-order valence-corrected chi connectivity index (χ4v) is 1.77. The van der Waals surface area contributed by atoms with Crippen molar-refractivity contribution in [2.45, 2.75) is 0 Å². The van der Waals surface area contributed by atoms with Crippen molar-refractivity contribution in [1.29, 1.82) is 0 Å². The molecule has 20 heavy (non-hydrogen) atoms. The summed E-state index contributed by atoms with van der Waals surface area (Å²) in [6.45, 7) is 0.